The second-order valence-electron chi connectivity index (χ2n) is 5.07. The molecule has 122 valence electrons. The van der Waals surface area contributed by atoms with E-state index >= 15 is 0 Å². The van der Waals surface area contributed by atoms with E-state index in [2.05, 4.69) is 15.2 Å². The number of aromatic nitrogens is 3. The number of amides is 1. The molecular weight excluding hydrogens is 306 g/mol. The van der Waals surface area contributed by atoms with Crippen LogP contribution in [0.15, 0.2) is 10.7 Å². The Morgan fingerprint density at radius 3 is 2.73 bits per heavy atom. The van der Waals surface area contributed by atoms with Gasteiger partial charge >= 0.3 is 0 Å². The second kappa shape index (κ2) is 7.95. The summed E-state index contributed by atoms with van der Waals surface area (Å²) in [6, 6.07) is 0. The van der Waals surface area contributed by atoms with E-state index in [9.17, 15) is 4.79 Å². The Labute approximate surface area is 135 Å². The molecule has 0 aliphatic heterocycles. The molecule has 2 heterocycles. The van der Waals surface area contributed by atoms with E-state index in [0.29, 0.717) is 18.1 Å². The van der Waals surface area contributed by atoms with Gasteiger partial charge in [0.05, 0.1) is 12.2 Å². The molecule has 0 unspecified atom stereocenters. The van der Waals surface area contributed by atoms with Crippen LogP contribution in [-0.2, 0) is 13.0 Å². The van der Waals surface area contributed by atoms with E-state index in [0.717, 1.165) is 24.2 Å². The van der Waals surface area contributed by atoms with Crippen molar-refractivity contribution in [3.63, 3.8) is 0 Å². The number of nitrogens with zero attached hydrogens (tertiary/aromatic N) is 3. The predicted molar refractivity (Wildman–Crippen MR) is 85.0 cm³/mol. The van der Waals surface area contributed by atoms with Gasteiger partial charge in [-0.2, -0.15) is 5.10 Å². The van der Waals surface area contributed by atoms with Crippen LogP contribution in [0.4, 0.5) is 0 Å². The average molecular weight is 328 g/mol. The van der Waals surface area contributed by atoms with Gasteiger partial charge in [-0.05, 0) is 32.3 Å². The third-order valence-corrected chi connectivity index (χ3v) is 3.49. The molecule has 2 rings (SSSR count). The lowest BCUT2D eigenvalue weighted by molar-refractivity contribution is 0.0787. The summed E-state index contributed by atoms with van der Waals surface area (Å²) in [5.41, 5.74) is 9.04. The number of hydrogen-bond donors (Lipinski definition) is 2. The summed E-state index contributed by atoms with van der Waals surface area (Å²) in [5.74, 6) is 0.218. The van der Waals surface area contributed by atoms with Gasteiger partial charge in [-0.15, -0.1) is 12.4 Å². The largest absolute Gasteiger partial charge is 0.447 e. The summed E-state index contributed by atoms with van der Waals surface area (Å²) in [7, 11) is 1.76. The third-order valence-electron chi connectivity index (χ3n) is 3.49. The van der Waals surface area contributed by atoms with Crippen LogP contribution in [0.5, 0.6) is 0 Å². The van der Waals surface area contributed by atoms with Crippen molar-refractivity contribution in [2.45, 2.75) is 33.2 Å². The van der Waals surface area contributed by atoms with Crippen LogP contribution >= 0.6 is 12.4 Å². The number of oxazole rings is 1. The van der Waals surface area contributed by atoms with Crippen molar-refractivity contribution < 1.29 is 9.21 Å². The second-order valence-corrected chi connectivity index (χ2v) is 5.07. The van der Waals surface area contributed by atoms with E-state index in [-0.39, 0.29) is 24.9 Å². The molecule has 2 aromatic rings. The van der Waals surface area contributed by atoms with Crippen LogP contribution in [-0.4, -0.2) is 39.6 Å². The lowest BCUT2D eigenvalue weighted by Crippen LogP contribution is -2.28. The van der Waals surface area contributed by atoms with E-state index < -0.39 is 0 Å². The molecule has 7 nitrogen and oxygen atoms in total. The molecule has 2 aromatic heterocycles. The first kappa shape index (κ1) is 18.2. The first-order chi connectivity index (χ1) is 10.0. The van der Waals surface area contributed by atoms with Crippen molar-refractivity contribution in [3.05, 3.63) is 34.8 Å². The SMILES string of the molecule is Cc1n[nH]c(C)c1CCCN(C)C(=O)c1coc(CN)n1.Cl. The zero-order valence-corrected chi connectivity index (χ0v) is 13.9. The van der Waals surface area contributed by atoms with Crippen LogP contribution in [0.1, 0.15) is 39.8 Å². The fourth-order valence-electron chi connectivity index (χ4n) is 2.24. The number of H-pyrrole nitrogens is 1. The summed E-state index contributed by atoms with van der Waals surface area (Å²) in [4.78, 5) is 17.8. The van der Waals surface area contributed by atoms with Crippen LogP contribution in [0, 0.1) is 13.8 Å². The summed E-state index contributed by atoms with van der Waals surface area (Å²) >= 11 is 0. The average Bonchev–Trinajstić information content (AvgIpc) is 3.07. The smallest absolute Gasteiger partial charge is 0.275 e. The first-order valence-corrected chi connectivity index (χ1v) is 6.93. The highest BCUT2D eigenvalue weighted by atomic mass is 35.5. The Hall–Kier alpha value is -1.86. The molecule has 0 radical (unpaired) electrons. The van der Waals surface area contributed by atoms with Gasteiger partial charge in [-0.1, -0.05) is 0 Å². The molecule has 0 atom stereocenters. The molecule has 8 heteroatoms. The number of carbonyl (C=O) groups is 1. The molecule has 0 bridgehead atoms. The Morgan fingerprint density at radius 2 is 2.18 bits per heavy atom. The summed E-state index contributed by atoms with van der Waals surface area (Å²) < 4.78 is 5.08. The molecule has 0 aromatic carbocycles. The molecule has 0 aliphatic rings. The van der Waals surface area contributed by atoms with Crippen LogP contribution < -0.4 is 5.73 Å². The molecule has 0 spiro atoms. The van der Waals surface area contributed by atoms with Gasteiger partial charge < -0.3 is 15.1 Å². The minimum atomic E-state index is -0.154. The van der Waals surface area contributed by atoms with Gasteiger partial charge in [-0.3, -0.25) is 9.89 Å². The summed E-state index contributed by atoms with van der Waals surface area (Å²) in [6.45, 7) is 4.83. The number of aromatic amines is 1. The molecule has 0 aliphatic carbocycles. The molecule has 0 saturated carbocycles. The van der Waals surface area contributed by atoms with Gasteiger partial charge in [0, 0.05) is 19.3 Å². The van der Waals surface area contributed by atoms with Crippen molar-refractivity contribution in [1.82, 2.24) is 20.1 Å². The van der Waals surface area contributed by atoms with E-state index in [1.165, 1.54) is 11.8 Å². The fourth-order valence-corrected chi connectivity index (χ4v) is 2.24. The lowest BCUT2D eigenvalue weighted by Gasteiger charge is -2.15. The quantitative estimate of drug-likeness (QED) is 0.839. The molecule has 0 saturated heterocycles. The molecule has 0 fully saturated rings. The van der Waals surface area contributed by atoms with Gasteiger partial charge in [0.25, 0.3) is 5.91 Å². The highest BCUT2D eigenvalue weighted by Gasteiger charge is 2.16. The van der Waals surface area contributed by atoms with Gasteiger partial charge in [-0.25, -0.2) is 4.98 Å². The zero-order valence-electron chi connectivity index (χ0n) is 13.0. The summed E-state index contributed by atoms with van der Waals surface area (Å²) in [6.07, 6.45) is 3.11. The van der Waals surface area contributed by atoms with Crippen molar-refractivity contribution in [3.8, 4) is 0 Å². The Balaban J connectivity index is 0.00000242. The maximum absolute atomic E-state index is 12.1. The van der Waals surface area contributed by atoms with Gasteiger partial charge in [0.15, 0.2) is 5.69 Å². The zero-order chi connectivity index (χ0) is 15.4. The minimum Gasteiger partial charge on any atom is -0.447 e. The fraction of sp³-hybridized carbons (Fsp3) is 0.500. The van der Waals surface area contributed by atoms with Gasteiger partial charge in [0.1, 0.15) is 6.26 Å². The Morgan fingerprint density at radius 1 is 1.45 bits per heavy atom. The van der Waals surface area contributed by atoms with Crippen molar-refractivity contribution in [1.29, 1.82) is 0 Å². The minimum absolute atomic E-state index is 0. The number of rotatable bonds is 6. The number of halogens is 1. The monoisotopic (exact) mass is 327 g/mol. The maximum atomic E-state index is 12.1. The topological polar surface area (TPSA) is 101 Å². The summed E-state index contributed by atoms with van der Waals surface area (Å²) in [5, 5.41) is 7.14. The normalized spacial score (nSPS) is 10.4. The van der Waals surface area contributed by atoms with E-state index in [1.54, 1.807) is 11.9 Å². The molecule has 22 heavy (non-hydrogen) atoms. The number of carbonyl (C=O) groups excluding carboxylic acids is 1. The predicted octanol–water partition coefficient (Wildman–Crippen LogP) is 1.60. The van der Waals surface area contributed by atoms with E-state index in [1.807, 2.05) is 13.8 Å². The van der Waals surface area contributed by atoms with Gasteiger partial charge in [0.2, 0.25) is 5.89 Å². The Bertz CT molecular complexity index is 603. The molecule has 3 N–H and O–H groups in total. The third kappa shape index (κ3) is 4.08. The lowest BCUT2D eigenvalue weighted by atomic mass is 10.1. The highest BCUT2D eigenvalue weighted by molar-refractivity contribution is 5.91. The number of nitrogens with one attached hydrogen (secondary N) is 1. The van der Waals surface area contributed by atoms with E-state index in [4.69, 9.17) is 10.2 Å². The first-order valence-electron chi connectivity index (χ1n) is 6.93. The van der Waals surface area contributed by atoms with Crippen LogP contribution in [0.2, 0.25) is 0 Å². The number of aryl methyl sites for hydroxylation is 2. The van der Waals surface area contributed by atoms with Crippen molar-refractivity contribution >= 4 is 18.3 Å². The highest BCUT2D eigenvalue weighted by Crippen LogP contribution is 2.12. The molecular formula is C14H22ClN5O2. The maximum Gasteiger partial charge on any atom is 0.275 e. The van der Waals surface area contributed by atoms with Crippen LogP contribution in [0.25, 0.3) is 0 Å². The Kier molecular flexibility index (Phi) is 6.58. The van der Waals surface area contributed by atoms with Crippen molar-refractivity contribution in [2.24, 2.45) is 5.73 Å². The standard InChI is InChI=1S/C14H21N5O2.ClH/c1-9-11(10(2)18-17-9)5-4-6-19(3)14(20)12-8-21-13(7-15)16-12;/h8H,4-7,15H2,1-3H3,(H,17,18);1H. The molecule has 1 amide bonds. The van der Waals surface area contributed by atoms with Crippen molar-refractivity contribution in [2.75, 3.05) is 13.6 Å². The number of hydrogen-bond acceptors (Lipinski definition) is 5. The number of nitrogens with two attached hydrogens (primary N) is 1. The van der Waals surface area contributed by atoms with Crippen LogP contribution in [0.3, 0.4) is 0 Å².